The third-order valence-electron chi connectivity index (χ3n) is 4.43. The van der Waals surface area contributed by atoms with Gasteiger partial charge in [-0.05, 0) is 75.4 Å². The Morgan fingerprint density at radius 2 is 1.80 bits per heavy atom. The molecule has 0 unspecified atom stereocenters. The summed E-state index contributed by atoms with van der Waals surface area (Å²) in [5, 5.41) is 2.84. The fourth-order valence-corrected chi connectivity index (χ4v) is 3.12. The number of hydrogen-bond donors (Lipinski definition) is 1. The topological polar surface area (TPSA) is 47.6 Å². The second kappa shape index (κ2) is 8.06. The van der Waals surface area contributed by atoms with Crippen molar-refractivity contribution in [1.29, 1.82) is 0 Å². The first-order chi connectivity index (χ1) is 12.1. The van der Waals surface area contributed by atoms with Crippen LogP contribution in [0.1, 0.15) is 36.8 Å². The van der Waals surface area contributed by atoms with E-state index >= 15 is 0 Å². The molecule has 0 atom stereocenters. The third kappa shape index (κ3) is 4.99. The highest BCUT2D eigenvalue weighted by Crippen LogP contribution is 2.25. The molecule has 2 aromatic carbocycles. The molecule has 0 spiro atoms. The number of rotatable bonds is 6. The first kappa shape index (κ1) is 17.3. The summed E-state index contributed by atoms with van der Waals surface area (Å²) in [6, 6.07) is 13.4. The lowest BCUT2D eigenvalue weighted by Gasteiger charge is -2.13. The largest absolute Gasteiger partial charge is 0.490 e. The van der Waals surface area contributed by atoms with Crippen molar-refractivity contribution in [2.75, 3.05) is 11.9 Å². The fourth-order valence-electron chi connectivity index (χ4n) is 3.12. The number of benzene rings is 2. The van der Waals surface area contributed by atoms with Crippen molar-refractivity contribution < 1.29 is 14.3 Å². The van der Waals surface area contributed by atoms with E-state index in [0.29, 0.717) is 6.10 Å². The van der Waals surface area contributed by atoms with E-state index in [4.69, 9.17) is 9.47 Å². The van der Waals surface area contributed by atoms with Crippen molar-refractivity contribution in [1.82, 2.24) is 0 Å². The summed E-state index contributed by atoms with van der Waals surface area (Å²) >= 11 is 0. The molecule has 1 N–H and O–H groups in total. The van der Waals surface area contributed by atoms with Crippen molar-refractivity contribution in [2.45, 2.75) is 45.6 Å². The van der Waals surface area contributed by atoms with E-state index in [1.54, 1.807) is 0 Å². The molecule has 1 fully saturated rings. The van der Waals surface area contributed by atoms with Crippen LogP contribution < -0.4 is 14.8 Å². The highest BCUT2D eigenvalue weighted by molar-refractivity contribution is 5.91. The number of hydrogen-bond acceptors (Lipinski definition) is 3. The highest BCUT2D eigenvalue weighted by Gasteiger charge is 2.16. The van der Waals surface area contributed by atoms with Crippen LogP contribution in [0, 0.1) is 13.8 Å². The van der Waals surface area contributed by atoms with Crippen LogP contribution in [0.15, 0.2) is 42.5 Å². The van der Waals surface area contributed by atoms with Gasteiger partial charge in [-0.2, -0.15) is 0 Å². The molecule has 1 aliphatic rings. The van der Waals surface area contributed by atoms with E-state index in [9.17, 15) is 4.79 Å². The fraction of sp³-hybridized carbons (Fsp3) is 0.381. The summed E-state index contributed by atoms with van der Waals surface area (Å²) in [6.07, 6.45) is 5.10. The summed E-state index contributed by atoms with van der Waals surface area (Å²) in [5.41, 5.74) is 2.95. The van der Waals surface area contributed by atoms with E-state index in [1.165, 1.54) is 18.4 Å². The Hall–Kier alpha value is -2.49. The quantitative estimate of drug-likeness (QED) is 0.834. The molecule has 0 bridgehead atoms. The van der Waals surface area contributed by atoms with Crippen LogP contribution in [0.3, 0.4) is 0 Å². The Labute approximate surface area is 149 Å². The van der Waals surface area contributed by atoms with Crippen LogP contribution in [0.5, 0.6) is 11.5 Å². The number of anilines is 1. The minimum Gasteiger partial charge on any atom is -0.490 e. The van der Waals surface area contributed by atoms with Gasteiger partial charge in [0.15, 0.2) is 6.61 Å². The smallest absolute Gasteiger partial charge is 0.262 e. The molecule has 0 radical (unpaired) electrons. The number of carbonyl (C=O) groups is 1. The van der Waals surface area contributed by atoms with E-state index < -0.39 is 0 Å². The summed E-state index contributed by atoms with van der Waals surface area (Å²) < 4.78 is 11.5. The van der Waals surface area contributed by atoms with E-state index in [2.05, 4.69) is 5.32 Å². The zero-order valence-corrected chi connectivity index (χ0v) is 14.9. The molecule has 132 valence electrons. The second-order valence-corrected chi connectivity index (χ2v) is 6.65. The highest BCUT2D eigenvalue weighted by atomic mass is 16.5. The summed E-state index contributed by atoms with van der Waals surface area (Å²) in [5.74, 6) is 1.42. The maximum absolute atomic E-state index is 12.1. The number of carbonyl (C=O) groups excluding carboxylic acids is 1. The van der Waals surface area contributed by atoms with Gasteiger partial charge < -0.3 is 14.8 Å². The van der Waals surface area contributed by atoms with Gasteiger partial charge in [0, 0.05) is 5.69 Å². The molecule has 4 heteroatoms. The van der Waals surface area contributed by atoms with Crippen LogP contribution in [0.25, 0.3) is 0 Å². The molecule has 0 heterocycles. The van der Waals surface area contributed by atoms with Crippen molar-refractivity contribution in [2.24, 2.45) is 0 Å². The summed E-state index contributed by atoms with van der Waals surface area (Å²) in [7, 11) is 0. The van der Waals surface area contributed by atoms with Gasteiger partial charge in [-0.3, -0.25) is 4.79 Å². The number of aryl methyl sites for hydroxylation is 2. The summed E-state index contributed by atoms with van der Waals surface area (Å²) in [6.45, 7) is 4.00. The molecule has 0 aromatic heterocycles. The van der Waals surface area contributed by atoms with Crippen LogP contribution in [0.4, 0.5) is 5.69 Å². The lowest BCUT2D eigenvalue weighted by molar-refractivity contribution is -0.118. The molecule has 1 aliphatic carbocycles. The Balaban J connectivity index is 1.48. The lowest BCUT2D eigenvalue weighted by Crippen LogP contribution is -2.20. The first-order valence-corrected chi connectivity index (χ1v) is 8.87. The van der Waals surface area contributed by atoms with E-state index in [1.807, 2.05) is 56.3 Å². The zero-order chi connectivity index (χ0) is 17.6. The van der Waals surface area contributed by atoms with Crippen molar-refractivity contribution in [3.8, 4) is 11.5 Å². The van der Waals surface area contributed by atoms with Gasteiger partial charge in [-0.25, -0.2) is 0 Å². The lowest BCUT2D eigenvalue weighted by atomic mass is 10.1. The minimum absolute atomic E-state index is 0.00970. The predicted molar refractivity (Wildman–Crippen MR) is 99.4 cm³/mol. The number of nitrogens with one attached hydrogen (secondary N) is 1. The van der Waals surface area contributed by atoms with Crippen LogP contribution in [-0.4, -0.2) is 18.6 Å². The monoisotopic (exact) mass is 339 g/mol. The average Bonchev–Trinajstić information content (AvgIpc) is 3.09. The Bertz CT molecular complexity index is 718. The first-order valence-electron chi connectivity index (χ1n) is 8.87. The van der Waals surface area contributed by atoms with E-state index in [0.717, 1.165) is 35.6 Å². The van der Waals surface area contributed by atoms with Crippen LogP contribution in [0.2, 0.25) is 0 Å². The molecule has 1 saturated carbocycles. The van der Waals surface area contributed by atoms with Gasteiger partial charge in [0.25, 0.3) is 5.91 Å². The standard InChI is InChI=1S/C21H25NO3/c1-15-7-12-20(16(2)13-15)24-14-21(23)22-17-8-10-19(11-9-17)25-18-5-3-4-6-18/h7-13,18H,3-6,14H2,1-2H3,(H,22,23). The van der Waals surface area contributed by atoms with E-state index in [-0.39, 0.29) is 12.5 Å². The number of ether oxygens (including phenoxy) is 2. The maximum Gasteiger partial charge on any atom is 0.262 e. The molecular formula is C21H25NO3. The van der Waals surface area contributed by atoms with Gasteiger partial charge >= 0.3 is 0 Å². The van der Waals surface area contributed by atoms with Crippen LogP contribution >= 0.6 is 0 Å². The molecule has 0 saturated heterocycles. The molecule has 2 aromatic rings. The van der Waals surface area contributed by atoms with Crippen LogP contribution in [-0.2, 0) is 4.79 Å². The van der Waals surface area contributed by atoms with Gasteiger partial charge in [0.05, 0.1) is 6.10 Å². The zero-order valence-electron chi connectivity index (χ0n) is 14.9. The predicted octanol–water partition coefficient (Wildman–Crippen LogP) is 4.64. The van der Waals surface area contributed by atoms with Gasteiger partial charge in [-0.15, -0.1) is 0 Å². The Kier molecular flexibility index (Phi) is 5.59. The van der Waals surface area contributed by atoms with Gasteiger partial charge in [-0.1, -0.05) is 17.7 Å². The average molecular weight is 339 g/mol. The van der Waals surface area contributed by atoms with Crippen molar-refractivity contribution in [3.63, 3.8) is 0 Å². The Morgan fingerprint density at radius 1 is 1.08 bits per heavy atom. The summed E-state index contributed by atoms with van der Waals surface area (Å²) in [4.78, 5) is 12.1. The SMILES string of the molecule is Cc1ccc(OCC(=O)Nc2ccc(OC3CCCC3)cc2)c(C)c1. The maximum atomic E-state index is 12.1. The van der Waals surface area contributed by atoms with Gasteiger partial charge in [0.1, 0.15) is 11.5 Å². The molecule has 25 heavy (non-hydrogen) atoms. The molecular weight excluding hydrogens is 314 g/mol. The van der Waals surface area contributed by atoms with Crippen molar-refractivity contribution >= 4 is 11.6 Å². The molecule has 0 aliphatic heterocycles. The molecule has 1 amide bonds. The third-order valence-corrected chi connectivity index (χ3v) is 4.43. The van der Waals surface area contributed by atoms with Crippen molar-refractivity contribution in [3.05, 3.63) is 53.6 Å². The minimum atomic E-state index is -0.176. The Morgan fingerprint density at radius 3 is 2.48 bits per heavy atom. The second-order valence-electron chi connectivity index (χ2n) is 6.65. The number of amides is 1. The molecule has 3 rings (SSSR count). The molecule has 4 nitrogen and oxygen atoms in total. The van der Waals surface area contributed by atoms with Gasteiger partial charge in [0.2, 0.25) is 0 Å². The normalized spacial score (nSPS) is 14.3.